The van der Waals surface area contributed by atoms with Crippen molar-refractivity contribution in [1.82, 2.24) is 0 Å². The third kappa shape index (κ3) is 1.42. The molecule has 1 heteroatoms. The average Bonchev–Trinajstić information content (AvgIpc) is 2.59. The molecule has 1 nitrogen and oxygen atoms in total. The van der Waals surface area contributed by atoms with E-state index in [2.05, 4.69) is 68.4 Å². The zero-order valence-corrected chi connectivity index (χ0v) is 13.3. The Kier molecular flexibility index (Phi) is 2.29. The molecule has 110 valence electrons. The first-order valence-corrected chi connectivity index (χ1v) is 8.02. The summed E-state index contributed by atoms with van der Waals surface area (Å²) in [4.78, 5) is 0. The molecule has 2 N–H and O–H groups in total. The lowest BCUT2D eigenvalue weighted by atomic mass is 9.86. The molecule has 5 aromatic carbocycles. The molecule has 23 heavy (non-hydrogen) atoms. The van der Waals surface area contributed by atoms with Crippen LogP contribution in [0.5, 0.6) is 0 Å². The van der Waals surface area contributed by atoms with Crippen LogP contribution in [0.3, 0.4) is 0 Å². The van der Waals surface area contributed by atoms with Crippen LogP contribution in [0.4, 0.5) is 5.69 Å². The van der Waals surface area contributed by atoms with Gasteiger partial charge in [-0.3, -0.25) is 0 Å². The van der Waals surface area contributed by atoms with Gasteiger partial charge in [-0.1, -0.05) is 54.6 Å². The minimum atomic E-state index is 0.921. The van der Waals surface area contributed by atoms with E-state index in [-0.39, 0.29) is 0 Å². The summed E-state index contributed by atoms with van der Waals surface area (Å²) in [7, 11) is 0. The summed E-state index contributed by atoms with van der Waals surface area (Å²) in [5, 5.41) is 10.3. The fourth-order valence-corrected chi connectivity index (χ4v) is 4.14. The van der Waals surface area contributed by atoms with Crippen LogP contribution in [-0.2, 0) is 0 Å². The van der Waals surface area contributed by atoms with E-state index in [4.69, 9.17) is 5.73 Å². The lowest BCUT2D eigenvalue weighted by molar-refractivity contribution is 1.39. The number of rotatable bonds is 0. The first-order valence-electron chi connectivity index (χ1n) is 8.02. The zero-order valence-electron chi connectivity index (χ0n) is 13.3. The SMILES string of the molecule is Cc1c(C)c2cccc3c4cccc5cccc(c(c1N)c23)c54. The summed E-state index contributed by atoms with van der Waals surface area (Å²) < 4.78 is 0. The van der Waals surface area contributed by atoms with Gasteiger partial charge in [0, 0.05) is 11.1 Å². The van der Waals surface area contributed by atoms with Crippen LogP contribution in [0.15, 0.2) is 54.6 Å². The molecule has 0 aromatic heterocycles. The normalized spacial score (nSPS) is 12.1. The Morgan fingerprint density at radius 2 is 1.13 bits per heavy atom. The van der Waals surface area contributed by atoms with Gasteiger partial charge in [-0.05, 0) is 62.7 Å². The van der Waals surface area contributed by atoms with Crippen molar-refractivity contribution < 1.29 is 0 Å². The number of nitrogens with two attached hydrogens (primary N) is 1. The summed E-state index contributed by atoms with van der Waals surface area (Å²) in [6, 6.07) is 19.7. The predicted octanol–water partition coefficient (Wildman–Crippen LogP) is 5.94. The van der Waals surface area contributed by atoms with Crippen molar-refractivity contribution in [3.05, 3.63) is 65.7 Å². The number of hydrogen-bond donors (Lipinski definition) is 1. The van der Waals surface area contributed by atoms with Crippen LogP contribution in [-0.4, -0.2) is 0 Å². The minimum Gasteiger partial charge on any atom is -0.398 e. The van der Waals surface area contributed by atoms with Crippen molar-refractivity contribution >= 4 is 48.8 Å². The number of anilines is 1. The van der Waals surface area contributed by atoms with Crippen LogP contribution < -0.4 is 5.73 Å². The van der Waals surface area contributed by atoms with E-state index in [1.54, 1.807) is 0 Å². The summed E-state index contributed by atoms with van der Waals surface area (Å²) in [5.74, 6) is 0. The van der Waals surface area contributed by atoms with Crippen molar-refractivity contribution in [2.24, 2.45) is 0 Å². The van der Waals surface area contributed by atoms with Crippen LogP contribution in [0.1, 0.15) is 11.1 Å². The van der Waals surface area contributed by atoms with Crippen molar-refractivity contribution in [3.8, 4) is 0 Å². The third-order valence-corrected chi connectivity index (χ3v) is 5.42. The first-order chi connectivity index (χ1) is 11.2. The van der Waals surface area contributed by atoms with Gasteiger partial charge < -0.3 is 5.73 Å². The molecule has 0 aliphatic rings. The van der Waals surface area contributed by atoms with Crippen LogP contribution in [0, 0.1) is 13.8 Å². The van der Waals surface area contributed by atoms with Crippen LogP contribution in [0.2, 0.25) is 0 Å². The quantitative estimate of drug-likeness (QED) is 0.214. The molecule has 0 saturated heterocycles. The fourth-order valence-electron chi connectivity index (χ4n) is 4.14. The second-order valence-corrected chi connectivity index (χ2v) is 6.48. The van der Waals surface area contributed by atoms with Crippen molar-refractivity contribution in [2.75, 3.05) is 5.73 Å². The fraction of sp³-hybridized carbons (Fsp3) is 0.0909. The van der Waals surface area contributed by atoms with Crippen molar-refractivity contribution in [2.45, 2.75) is 13.8 Å². The van der Waals surface area contributed by atoms with E-state index in [0.717, 1.165) is 5.69 Å². The van der Waals surface area contributed by atoms with Gasteiger partial charge in [0.1, 0.15) is 0 Å². The Morgan fingerprint density at radius 3 is 1.87 bits per heavy atom. The Bertz CT molecular complexity index is 1230. The van der Waals surface area contributed by atoms with E-state index < -0.39 is 0 Å². The highest BCUT2D eigenvalue weighted by Crippen LogP contribution is 2.44. The van der Waals surface area contributed by atoms with Gasteiger partial charge in [0.25, 0.3) is 0 Å². The van der Waals surface area contributed by atoms with E-state index in [9.17, 15) is 0 Å². The summed E-state index contributed by atoms with van der Waals surface area (Å²) in [6.45, 7) is 4.31. The molecular weight excluding hydrogens is 278 g/mol. The molecular formula is C22H17N. The smallest absolute Gasteiger partial charge is 0.0433 e. The lowest BCUT2D eigenvalue weighted by Crippen LogP contribution is -1.98. The average molecular weight is 295 g/mol. The molecule has 0 saturated carbocycles. The number of hydrogen-bond acceptors (Lipinski definition) is 1. The maximum Gasteiger partial charge on any atom is 0.0433 e. The van der Waals surface area contributed by atoms with Gasteiger partial charge in [0.05, 0.1) is 0 Å². The first kappa shape index (κ1) is 12.7. The third-order valence-electron chi connectivity index (χ3n) is 5.42. The summed E-state index contributed by atoms with van der Waals surface area (Å²) >= 11 is 0. The Balaban J connectivity index is 2.32. The molecule has 0 aliphatic heterocycles. The van der Waals surface area contributed by atoms with Gasteiger partial charge in [-0.25, -0.2) is 0 Å². The maximum absolute atomic E-state index is 6.60. The molecule has 0 unspecified atom stereocenters. The molecule has 5 aromatic rings. The van der Waals surface area contributed by atoms with E-state index in [1.807, 2.05) is 0 Å². The summed E-state index contributed by atoms with van der Waals surface area (Å²) in [6.07, 6.45) is 0. The molecule has 0 heterocycles. The monoisotopic (exact) mass is 295 g/mol. The van der Waals surface area contributed by atoms with Gasteiger partial charge >= 0.3 is 0 Å². The summed E-state index contributed by atoms with van der Waals surface area (Å²) in [5.41, 5.74) is 10.00. The standard InChI is InChI=1S/C22H17N/c1-12-13(2)22(23)21-18-11-4-7-14-6-3-9-16(19(14)18)17-10-5-8-15(12)20(17)21/h3-11H,23H2,1-2H3. The number of nitrogen functional groups attached to an aromatic ring is 1. The molecule has 0 fully saturated rings. The molecule has 0 amide bonds. The van der Waals surface area contributed by atoms with Crippen molar-refractivity contribution in [3.63, 3.8) is 0 Å². The second kappa shape index (κ2) is 4.14. The maximum atomic E-state index is 6.60. The minimum absolute atomic E-state index is 0.921. The van der Waals surface area contributed by atoms with Crippen LogP contribution in [0.25, 0.3) is 43.1 Å². The Labute approximate surface area is 134 Å². The van der Waals surface area contributed by atoms with Gasteiger partial charge in [-0.2, -0.15) is 0 Å². The molecule has 0 spiro atoms. The zero-order chi connectivity index (χ0) is 15.7. The molecule has 0 atom stereocenters. The molecule has 0 radical (unpaired) electrons. The Hall–Kier alpha value is -2.80. The van der Waals surface area contributed by atoms with Crippen LogP contribution >= 0.6 is 0 Å². The number of benzene rings is 5. The van der Waals surface area contributed by atoms with Crippen molar-refractivity contribution in [1.29, 1.82) is 0 Å². The molecule has 0 aliphatic carbocycles. The highest BCUT2D eigenvalue weighted by atomic mass is 14.6. The topological polar surface area (TPSA) is 26.0 Å². The van der Waals surface area contributed by atoms with Gasteiger partial charge in [0.2, 0.25) is 0 Å². The Morgan fingerprint density at radius 1 is 0.565 bits per heavy atom. The second-order valence-electron chi connectivity index (χ2n) is 6.48. The molecule has 0 bridgehead atoms. The highest BCUT2D eigenvalue weighted by Gasteiger charge is 2.17. The van der Waals surface area contributed by atoms with E-state index in [0.29, 0.717) is 0 Å². The van der Waals surface area contributed by atoms with Gasteiger partial charge in [-0.15, -0.1) is 0 Å². The van der Waals surface area contributed by atoms with Gasteiger partial charge in [0.15, 0.2) is 0 Å². The predicted molar refractivity (Wildman–Crippen MR) is 102 cm³/mol. The lowest BCUT2D eigenvalue weighted by Gasteiger charge is -2.19. The highest BCUT2D eigenvalue weighted by molar-refractivity contribution is 6.35. The number of fused-ring (bicyclic) bond motifs is 2. The molecule has 5 rings (SSSR count). The number of aryl methyl sites for hydroxylation is 1. The largest absolute Gasteiger partial charge is 0.398 e. The van der Waals surface area contributed by atoms with E-state index >= 15 is 0 Å². The van der Waals surface area contributed by atoms with E-state index in [1.165, 1.54) is 54.2 Å².